The molecule has 4 atom stereocenters. The van der Waals surface area contributed by atoms with E-state index in [1.54, 1.807) is 5.38 Å². The van der Waals surface area contributed by atoms with Crippen LogP contribution < -0.4 is 10.9 Å². The van der Waals surface area contributed by atoms with Crippen LogP contribution in [-0.2, 0) is 9.59 Å². The number of carbonyl (C=O) groups excluding carboxylic acids is 2. The molecule has 1 saturated carbocycles. The highest BCUT2D eigenvalue weighted by atomic mass is 32.1. The molecule has 0 spiro atoms. The van der Waals surface area contributed by atoms with Gasteiger partial charge in [-0.2, -0.15) is 0 Å². The van der Waals surface area contributed by atoms with E-state index in [4.69, 9.17) is 0 Å². The highest BCUT2D eigenvalue weighted by Gasteiger charge is 2.51. The minimum atomic E-state index is -0.961. The molecule has 3 N–H and O–H groups in total. The average Bonchev–Trinajstić information content (AvgIpc) is 3.20. The number of fused-ring (bicyclic) bond motifs is 2. The Morgan fingerprint density at radius 2 is 1.78 bits per heavy atom. The maximum atomic E-state index is 12.4. The average molecular weight is 334 g/mol. The summed E-state index contributed by atoms with van der Waals surface area (Å²) in [5, 5.41) is 11.1. The van der Waals surface area contributed by atoms with Gasteiger partial charge in [0.1, 0.15) is 0 Å². The van der Waals surface area contributed by atoms with Crippen molar-refractivity contribution in [2.24, 2.45) is 23.7 Å². The van der Waals surface area contributed by atoms with E-state index in [2.05, 4.69) is 10.9 Å². The normalized spacial score (nSPS) is 27.9. The van der Waals surface area contributed by atoms with Gasteiger partial charge < -0.3 is 5.11 Å². The fourth-order valence-corrected chi connectivity index (χ4v) is 4.39. The van der Waals surface area contributed by atoms with Crippen LogP contribution in [0.1, 0.15) is 27.2 Å². The lowest BCUT2D eigenvalue weighted by molar-refractivity contribution is -0.148. The Bertz CT molecular complexity index is 709. The summed E-state index contributed by atoms with van der Waals surface area (Å²) in [5.74, 6) is -3.29. The van der Waals surface area contributed by atoms with Crippen LogP contribution in [0, 0.1) is 37.5 Å². The largest absolute Gasteiger partial charge is 0.481 e. The lowest BCUT2D eigenvalue weighted by Gasteiger charge is -2.23. The summed E-state index contributed by atoms with van der Waals surface area (Å²) in [4.78, 5) is 36.9. The molecule has 7 heteroatoms. The smallest absolute Gasteiger partial charge is 0.307 e. The van der Waals surface area contributed by atoms with Gasteiger partial charge in [-0.25, -0.2) is 0 Å². The molecular formula is C16H18N2O4S. The highest BCUT2D eigenvalue weighted by molar-refractivity contribution is 7.10. The quantitative estimate of drug-likeness (QED) is 0.578. The first kappa shape index (κ1) is 15.7. The summed E-state index contributed by atoms with van der Waals surface area (Å²) in [7, 11) is 0. The SMILES string of the molecule is Cc1scc(C(=O)NNC(=O)[C@@H]2[C@H](C(=O)O)[C@H]3C=C[C@H]2C3)c1C. The molecule has 2 bridgehead atoms. The van der Waals surface area contributed by atoms with E-state index >= 15 is 0 Å². The second-order valence-electron chi connectivity index (χ2n) is 6.11. The first-order chi connectivity index (χ1) is 10.9. The fraction of sp³-hybridized carbons (Fsp3) is 0.438. The first-order valence-corrected chi connectivity index (χ1v) is 8.34. The third kappa shape index (κ3) is 2.65. The minimum absolute atomic E-state index is 0.0665. The lowest BCUT2D eigenvalue weighted by Crippen LogP contribution is -2.48. The minimum Gasteiger partial charge on any atom is -0.481 e. The van der Waals surface area contributed by atoms with Crippen LogP contribution >= 0.6 is 11.3 Å². The number of allylic oxidation sites excluding steroid dienone is 2. The number of nitrogens with one attached hydrogen (secondary N) is 2. The van der Waals surface area contributed by atoms with Gasteiger partial charge in [-0.05, 0) is 37.7 Å². The van der Waals surface area contributed by atoms with Crippen LogP contribution in [0.5, 0.6) is 0 Å². The fourth-order valence-electron chi connectivity index (χ4n) is 3.52. The van der Waals surface area contributed by atoms with Gasteiger partial charge >= 0.3 is 5.97 Å². The van der Waals surface area contributed by atoms with Crippen molar-refractivity contribution in [1.29, 1.82) is 0 Å². The Morgan fingerprint density at radius 1 is 1.13 bits per heavy atom. The highest BCUT2D eigenvalue weighted by Crippen LogP contribution is 2.48. The zero-order chi connectivity index (χ0) is 16.7. The second-order valence-corrected chi connectivity index (χ2v) is 7.20. The molecule has 122 valence electrons. The third-order valence-corrected chi connectivity index (χ3v) is 5.89. The van der Waals surface area contributed by atoms with Crippen LogP contribution in [0.25, 0.3) is 0 Å². The molecule has 1 aromatic rings. The predicted molar refractivity (Wildman–Crippen MR) is 84.8 cm³/mol. The summed E-state index contributed by atoms with van der Waals surface area (Å²) >= 11 is 1.47. The van der Waals surface area contributed by atoms with E-state index in [0.29, 0.717) is 12.0 Å². The van der Waals surface area contributed by atoms with Gasteiger partial charge in [-0.15, -0.1) is 11.3 Å². The molecule has 6 nitrogen and oxygen atoms in total. The van der Waals surface area contributed by atoms with Crippen LogP contribution in [-0.4, -0.2) is 22.9 Å². The molecule has 2 aliphatic rings. The van der Waals surface area contributed by atoms with Crippen LogP contribution in [0.15, 0.2) is 17.5 Å². The number of thiophene rings is 1. The first-order valence-electron chi connectivity index (χ1n) is 7.46. The Kier molecular flexibility index (Phi) is 3.97. The van der Waals surface area contributed by atoms with Gasteiger partial charge in [0.2, 0.25) is 5.91 Å². The topological polar surface area (TPSA) is 95.5 Å². The molecule has 1 aromatic heterocycles. The van der Waals surface area contributed by atoms with Gasteiger partial charge in [0.15, 0.2) is 0 Å². The molecule has 0 aromatic carbocycles. The summed E-state index contributed by atoms with van der Waals surface area (Å²) in [6.45, 7) is 3.78. The second kappa shape index (κ2) is 5.81. The number of amides is 2. The van der Waals surface area contributed by atoms with E-state index in [1.807, 2.05) is 26.0 Å². The molecule has 0 radical (unpaired) electrons. The lowest BCUT2D eigenvalue weighted by atomic mass is 9.82. The zero-order valence-electron chi connectivity index (χ0n) is 12.8. The summed E-state index contributed by atoms with van der Waals surface area (Å²) in [5.41, 5.74) is 6.20. The number of hydrazine groups is 1. The van der Waals surface area contributed by atoms with Gasteiger partial charge in [0.25, 0.3) is 5.91 Å². The van der Waals surface area contributed by atoms with E-state index in [-0.39, 0.29) is 17.7 Å². The molecular weight excluding hydrogens is 316 g/mol. The Balaban J connectivity index is 1.66. The number of carboxylic acid groups (broad SMARTS) is 1. The Labute approximate surface area is 137 Å². The number of carbonyl (C=O) groups is 3. The Hall–Kier alpha value is -2.15. The van der Waals surface area contributed by atoms with E-state index in [0.717, 1.165) is 10.4 Å². The number of rotatable bonds is 3. The zero-order valence-corrected chi connectivity index (χ0v) is 13.6. The van der Waals surface area contributed by atoms with Gasteiger partial charge in [-0.3, -0.25) is 25.2 Å². The maximum Gasteiger partial charge on any atom is 0.307 e. The third-order valence-electron chi connectivity index (χ3n) is 4.88. The molecule has 2 aliphatic carbocycles. The monoisotopic (exact) mass is 334 g/mol. The number of carboxylic acids is 1. The molecule has 2 amide bonds. The van der Waals surface area contributed by atoms with E-state index in [1.165, 1.54) is 11.3 Å². The number of aryl methyl sites for hydroxylation is 1. The number of hydrogen-bond donors (Lipinski definition) is 3. The van der Waals surface area contributed by atoms with Crippen molar-refractivity contribution < 1.29 is 19.5 Å². The van der Waals surface area contributed by atoms with Crippen LogP contribution in [0.4, 0.5) is 0 Å². The summed E-state index contributed by atoms with van der Waals surface area (Å²) < 4.78 is 0. The maximum absolute atomic E-state index is 12.4. The molecule has 0 saturated heterocycles. The van der Waals surface area contributed by atoms with Gasteiger partial charge in [-0.1, -0.05) is 12.2 Å². The number of hydrogen-bond acceptors (Lipinski definition) is 4. The van der Waals surface area contributed by atoms with Crippen LogP contribution in [0.2, 0.25) is 0 Å². The predicted octanol–water partition coefficient (Wildman–Crippen LogP) is 1.65. The van der Waals surface area contributed by atoms with E-state index in [9.17, 15) is 19.5 Å². The molecule has 23 heavy (non-hydrogen) atoms. The summed E-state index contributed by atoms with van der Waals surface area (Å²) in [6.07, 6.45) is 4.47. The van der Waals surface area contributed by atoms with Crippen molar-refractivity contribution in [2.75, 3.05) is 0 Å². The van der Waals surface area contributed by atoms with Gasteiger partial charge in [0, 0.05) is 10.3 Å². The van der Waals surface area contributed by atoms with Crippen molar-refractivity contribution in [2.45, 2.75) is 20.3 Å². The molecule has 3 rings (SSSR count). The molecule has 1 fully saturated rings. The van der Waals surface area contributed by atoms with Crippen LogP contribution in [0.3, 0.4) is 0 Å². The van der Waals surface area contributed by atoms with Crippen molar-refractivity contribution in [3.63, 3.8) is 0 Å². The van der Waals surface area contributed by atoms with Crippen molar-refractivity contribution >= 4 is 29.1 Å². The number of aliphatic carboxylic acids is 1. The Morgan fingerprint density at radius 3 is 2.35 bits per heavy atom. The molecule has 0 unspecified atom stereocenters. The molecule has 0 aliphatic heterocycles. The molecule has 1 heterocycles. The standard InChI is InChI=1S/C16H18N2O4S/c1-7-8(2)23-6-11(7)14(19)17-18-15(20)12-9-3-4-10(5-9)13(12)16(21)22/h3-4,6,9-10,12-13H,5H2,1-2H3,(H,17,19)(H,18,20)(H,21,22)/t9-,10-,12-,13+/m0/s1. The summed E-state index contributed by atoms with van der Waals surface area (Å²) in [6, 6.07) is 0. The van der Waals surface area contributed by atoms with Gasteiger partial charge in [0.05, 0.1) is 17.4 Å². The van der Waals surface area contributed by atoms with E-state index < -0.39 is 23.7 Å². The van der Waals surface area contributed by atoms with Crippen molar-refractivity contribution in [1.82, 2.24) is 10.9 Å². The van der Waals surface area contributed by atoms with Crippen molar-refractivity contribution in [3.8, 4) is 0 Å². The van der Waals surface area contributed by atoms with Crippen molar-refractivity contribution in [3.05, 3.63) is 33.5 Å².